The number of nitrogens with one attached hydrogen (secondary N) is 2. The molecule has 0 amide bonds. The zero-order valence-electron chi connectivity index (χ0n) is 17.7. The average Bonchev–Trinajstić information content (AvgIpc) is 3.50. The molecule has 0 aliphatic heterocycles. The van der Waals surface area contributed by atoms with Gasteiger partial charge >= 0.3 is 0 Å². The van der Waals surface area contributed by atoms with E-state index in [9.17, 15) is 0 Å². The third-order valence-electron chi connectivity index (χ3n) is 4.96. The first kappa shape index (κ1) is 23.1. The maximum Gasteiger partial charge on any atom is 0.191 e. The fraction of sp³-hybridized carbons (Fsp3) is 0.348. The van der Waals surface area contributed by atoms with Crippen molar-refractivity contribution < 1.29 is 4.74 Å². The van der Waals surface area contributed by atoms with Gasteiger partial charge in [0.25, 0.3) is 0 Å². The Kier molecular flexibility index (Phi) is 8.69. The predicted molar refractivity (Wildman–Crippen MR) is 133 cm³/mol. The quantitative estimate of drug-likeness (QED) is 0.248. The van der Waals surface area contributed by atoms with Crippen LogP contribution in [-0.2, 0) is 13.1 Å². The van der Waals surface area contributed by atoms with E-state index >= 15 is 0 Å². The molecule has 7 nitrogen and oxygen atoms in total. The van der Waals surface area contributed by atoms with Crippen molar-refractivity contribution in [2.24, 2.45) is 10.9 Å². The Bertz CT molecular complexity index is 971. The zero-order chi connectivity index (χ0) is 20.6. The maximum absolute atomic E-state index is 6.01. The normalized spacial score (nSPS) is 13.4. The van der Waals surface area contributed by atoms with Gasteiger partial charge in [0.15, 0.2) is 11.8 Å². The molecule has 4 rings (SSSR count). The summed E-state index contributed by atoms with van der Waals surface area (Å²) in [7, 11) is 0. The van der Waals surface area contributed by atoms with Crippen LogP contribution in [0.1, 0.15) is 31.2 Å². The molecule has 1 aliphatic rings. The maximum atomic E-state index is 6.01. The highest BCUT2D eigenvalue weighted by atomic mass is 127. The van der Waals surface area contributed by atoms with Crippen molar-refractivity contribution in [1.82, 2.24) is 25.4 Å². The van der Waals surface area contributed by atoms with Gasteiger partial charge in [-0.25, -0.2) is 4.99 Å². The van der Waals surface area contributed by atoms with E-state index in [0.717, 1.165) is 47.9 Å². The molecule has 0 saturated heterocycles. The van der Waals surface area contributed by atoms with Crippen LogP contribution in [0.3, 0.4) is 0 Å². The van der Waals surface area contributed by atoms with Gasteiger partial charge in [0.2, 0.25) is 0 Å². The van der Waals surface area contributed by atoms with E-state index in [4.69, 9.17) is 9.73 Å². The number of aromatic nitrogens is 3. The van der Waals surface area contributed by atoms with Crippen LogP contribution in [0.25, 0.3) is 5.69 Å². The summed E-state index contributed by atoms with van der Waals surface area (Å²) >= 11 is 0. The monoisotopic (exact) mass is 532 g/mol. The lowest BCUT2D eigenvalue weighted by atomic mass is 10.2. The van der Waals surface area contributed by atoms with E-state index in [1.807, 2.05) is 53.1 Å². The van der Waals surface area contributed by atoms with Gasteiger partial charge in [0.05, 0.1) is 19.7 Å². The molecule has 31 heavy (non-hydrogen) atoms. The minimum atomic E-state index is 0. The highest BCUT2D eigenvalue weighted by Gasteiger charge is 2.22. The van der Waals surface area contributed by atoms with Crippen LogP contribution in [-0.4, -0.2) is 33.9 Å². The molecule has 1 aliphatic carbocycles. The third kappa shape index (κ3) is 6.68. The van der Waals surface area contributed by atoms with Gasteiger partial charge in [0.1, 0.15) is 12.1 Å². The number of benzene rings is 2. The van der Waals surface area contributed by atoms with E-state index in [0.29, 0.717) is 13.1 Å². The first-order valence-electron chi connectivity index (χ1n) is 10.5. The summed E-state index contributed by atoms with van der Waals surface area (Å²) in [6.07, 6.45) is 4.29. The number of ether oxygens (including phenoxy) is 1. The third-order valence-corrected chi connectivity index (χ3v) is 4.96. The number of hydrogen-bond acceptors (Lipinski definition) is 4. The van der Waals surface area contributed by atoms with E-state index in [1.54, 1.807) is 6.33 Å². The summed E-state index contributed by atoms with van der Waals surface area (Å²) in [6.45, 7) is 4.68. The first-order valence-corrected chi connectivity index (χ1v) is 10.5. The number of hydrogen-bond donors (Lipinski definition) is 2. The Hall–Kier alpha value is -2.62. The molecule has 2 aromatic carbocycles. The molecule has 1 heterocycles. The summed E-state index contributed by atoms with van der Waals surface area (Å²) in [6, 6.07) is 18.2. The molecule has 0 spiro atoms. The van der Waals surface area contributed by atoms with Crippen molar-refractivity contribution in [2.75, 3.05) is 13.2 Å². The minimum absolute atomic E-state index is 0. The van der Waals surface area contributed by atoms with E-state index in [1.165, 1.54) is 12.8 Å². The molecule has 0 unspecified atom stereocenters. The summed E-state index contributed by atoms with van der Waals surface area (Å²) in [4.78, 5) is 4.75. The number of aliphatic imine (C=N–C) groups is 1. The molecule has 1 saturated carbocycles. The summed E-state index contributed by atoms with van der Waals surface area (Å²) in [5, 5.41) is 15.0. The standard InChI is InChI=1S/C23H28N6O.HI/c1-2-24-23(25-14-19-8-6-7-11-21(19)30-16-18-12-13-18)26-15-22-28-27-17-29(22)20-9-4-3-5-10-20;/h3-11,17-18H,2,12-16H2,1H3,(H2,24,25,26);1H. The second-order valence-electron chi connectivity index (χ2n) is 7.36. The molecular weight excluding hydrogens is 503 g/mol. The molecule has 0 bridgehead atoms. The number of halogens is 1. The van der Waals surface area contributed by atoms with Crippen LogP contribution in [0.5, 0.6) is 5.75 Å². The van der Waals surface area contributed by atoms with Gasteiger partial charge in [0, 0.05) is 17.8 Å². The molecule has 0 radical (unpaired) electrons. The van der Waals surface area contributed by atoms with Gasteiger partial charge in [-0.1, -0.05) is 36.4 Å². The van der Waals surface area contributed by atoms with Crippen LogP contribution in [0.15, 0.2) is 65.9 Å². The van der Waals surface area contributed by atoms with E-state index in [-0.39, 0.29) is 24.0 Å². The predicted octanol–water partition coefficient (Wildman–Crippen LogP) is 3.93. The SMILES string of the molecule is CCNC(=NCc1ccccc1OCC1CC1)NCc1nncn1-c1ccccc1.I. The topological polar surface area (TPSA) is 76.4 Å². The Morgan fingerprint density at radius 3 is 2.65 bits per heavy atom. The van der Waals surface area contributed by atoms with E-state index < -0.39 is 0 Å². The largest absolute Gasteiger partial charge is 0.493 e. The molecule has 1 fully saturated rings. The van der Waals surface area contributed by atoms with Gasteiger partial charge in [-0.05, 0) is 43.9 Å². The number of para-hydroxylation sites is 2. The van der Waals surface area contributed by atoms with Crippen molar-refractivity contribution in [2.45, 2.75) is 32.9 Å². The Balaban J connectivity index is 0.00000272. The van der Waals surface area contributed by atoms with Crippen molar-refractivity contribution in [3.05, 3.63) is 72.3 Å². The molecule has 164 valence electrons. The van der Waals surface area contributed by atoms with Crippen LogP contribution in [0.4, 0.5) is 0 Å². The highest BCUT2D eigenvalue weighted by molar-refractivity contribution is 14.0. The molecule has 1 aromatic heterocycles. The molecule has 2 N–H and O–H groups in total. The van der Waals surface area contributed by atoms with Crippen molar-refractivity contribution in [3.63, 3.8) is 0 Å². The van der Waals surface area contributed by atoms with Crippen LogP contribution >= 0.6 is 24.0 Å². The second-order valence-corrected chi connectivity index (χ2v) is 7.36. The lowest BCUT2D eigenvalue weighted by molar-refractivity contribution is 0.297. The van der Waals surface area contributed by atoms with Gasteiger partial charge < -0.3 is 15.4 Å². The Morgan fingerprint density at radius 1 is 1.10 bits per heavy atom. The fourth-order valence-corrected chi connectivity index (χ4v) is 3.12. The number of nitrogens with zero attached hydrogens (tertiary/aromatic N) is 4. The molecule has 0 atom stereocenters. The lowest BCUT2D eigenvalue weighted by Crippen LogP contribution is -2.37. The number of guanidine groups is 1. The summed E-state index contributed by atoms with van der Waals surface area (Å²) in [5.41, 5.74) is 2.12. The zero-order valence-corrected chi connectivity index (χ0v) is 20.0. The molecule has 8 heteroatoms. The first-order chi connectivity index (χ1) is 14.8. The van der Waals surface area contributed by atoms with Crippen LogP contribution in [0.2, 0.25) is 0 Å². The smallest absolute Gasteiger partial charge is 0.191 e. The summed E-state index contributed by atoms with van der Waals surface area (Å²) < 4.78 is 7.98. The fourth-order valence-electron chi connectivity index (χ4n) is 3.12. The molecule has 3 aromatic rings. The second kappa shape index (κ2) is 11.7. The molecular formula is C23H29IN6O. The highest BCUT2D eigenvalue weighted by Crippen LogP contribution is 2.30. The number of rotatable bonds is 9. The van der Waals surface area contributed by atoms with Crippen LogP contribution in [0, 0.1) is 5.92 Å². The van der Waals surface area contributed by atoms with Crippen molar-refractivity contribution in [1.29, 1.82) is 0 Å². The van der Waals surface area contributed by atoms with Gasteiger partial charge in [-0.2, -0.15) is 0 Å². The minimum Gasteiger partial charge on any atom is -0.493 e. The van der Waals surface area contributed by atoms with E-state index in [2.05, 4.69) is 33.8 Å². The Labute approximate surface area is 200 Å². The van der Waals surface area contributed by atoms with Crippen molar-refractivity contribution in [3.8, 4) is 11.4 Å². The van der Waals surface area contributed by atoms with Gasteiger partial charge in [-0.15, -0.1) is 34.2 Å². The van der Waals surface area contributed by atoms with Gasteiger partial charge in [-0.3, -0.25) is 4.57 Å². The lowest BCUT2D eigenvalue weighted by Gasteiger charge is -2.13. The van der Waals surface area contributed by atoms with Crippen molar-refractivity contribution >= 4 is 29.9 Å². The summed E-state index contributed by atoms with van der Waals surface area (Å²) in [5.74, 6) is 3.20. The average molecular weight is 532 g/mol. The van der Waals surface area contributed by atoms with Crippen LogP contribution < -0.4 is 15.4 Å². The Morgan fingerprint density at radius 2 is 1.87 bits per heavy atom.